The molecule has 0 unspecified atom stereocenters. The third kappa shape index (κ3) is 4.88. The van der Waals surface area contributed by atoms with Gasteiger partial charge in [-0.25, -0.2) is 0 Å². The number of rotatable bonds is 6. The molecule has 0 aromatic heterocycles. The zero-order valence-electron chi connectivity index (χ0n) is 13.8. The van der Waals surface area contributed by atoms with Gasteiger partial charge in [-0.2, -0.15) is 0 Å². The number of anilines is 1. The van der Waals surface area contributed by atoms with Crippen LogP contribution in [0.5, 0.6) is 5.75 Å². The summed E-state index contributed by atoms with van der Waals surface area (Å²) < 4.78 is 5.07. The van der Waals surface area contributed by atoms with Crippen LogP contribution in [-0.4, -0.2) is 35.4 Å². The molecule has 24 heavy (non-hydrogen) atoms. The van der Waals surface area contributed by atoms with Gasteiger partial charge in [0.2, 0.25) is 11.8 Å². The Morgan fingerprint density at radius 1 is 1.54 bits per heavy atom. The van der Waals surface area contributed by atoms with E-state index in [2.05, 4.69) is 15.6 Å². The summed E-state index contributed by atoms with van der Waals surface area (Å²) in [5, 5.41) is 5.98. The fraction of sp³-hybridized carbons (Fsp3) is 0.438. The highest BCUT2D eigenvalue weighted by atomic mass is 35.5. The SMILES string of the molecule is CC[C@@H](C)N=C1NC(=O)[C@@H](CC(=O)Nc2ccc(OC)c(Cl)c2)S1. The van der Waals surface area contributed by atoms with Gasteiger partial charge in [-0.3, -0.25) is 14.6 Å². The van der Waals surface area contributed by atoms with Crippen LogP contribution in [-0.2, 0) is 9.59 Å². The van der Waals surface area contributed by atoms with Gasteiger partial charge in [0.1, 0.15) is 11.0 Å². The number of methoxy groups -OCH3 is 1. The van der Waals surface area contributed by atoms with Crippen LogP contribution in [0.2, 0.25) is 5.02 Å². The summed E-state index contributed by atoms with van der Waals surface area (Å²) in [6.07, 6.45) is 0.961. The second kappa shape index (κ2) is 8.39. The number of amidine groups is 1. The van der Waals surface area contributed by atoms with Gasteiger partial charge in [-0.05, 0) is 31.5 Å². The molecule has 2 atom stereocenters. The standard InChI is InChI=1S/C16H20ClN3O3S/c1-4-9(2)18-16-20-15(22)13(24-16)8-14(21)19-10-5-6-12(23-3)11(17)7-10/h5-7,9,13H,4,8H2,1-3H3,(H,19,21)(H,18,20,22)/t9-,13-/m1/s1. The molecule has 0 radical (unpaired) electrons. The van der Waals surface area contributed by atoms with Crippen molar-refractivity contribution in [3.63, 3.8) is 0 Å². The van der Waals surface area contributed by atoms with Crippen molar-refractivity contribution in [2.24, 2.45) is 4.99 Å². The van der Waals surface area contributed by atoms with Gasteiger partial charge in [0.05, 0.1) is 12.1 Å². The van der Waals surface area contributed by atoms with Crippen LogP contribution in [0.25, 0.3) is 0 Å². The highest BCUT2D eigenvalue weighted by molar-refractivity contribution is 8.15. The number of carbonyl (C=O) groups excluding carboxylic acids is 2. The number of benzene rings is 1. The zero-order chi connectivity index (χ0) is 17.7. The molecule has 1 saturated heterocycles. The number of aliphatic imine (C=N–C) groups is 1. The predicted octanol–water partition coefficient (Wildman–Crippen LogP) is 3.06. The summed E-state index contributed by atoms with van der Waals surface area (Å²) in [5.41, 5.74) is 0.558. The number of halogens is 1. The van der Waals surface area contributed by atoms with Crippen LogP contribution in [0.3, 0.4) is 0 Å². The Kier molecular flexibility index (Phi) is 6.51. The van der Waals surface area contributed by atoms with Crippen molar-refractivity contribution in [1.29, 1.82) is 0 Å². The number of amides is 2. The molecule has 0 spiro atoms. The highest BCUT2D eigenvalue weighted by Crippen LogP contribution is 2.28. The van der Waals surface area contributed by atoms with Crippen molar-refractivity contribution < 1.29 is 14.3 Å². The van der Waals surface area contributed by atoms with Crippen molar-refractivity contribution in [3.05, 3.63) is 23.2 Å². The van der Waals surface area contributed by atoms with E-state index in [9.17, 15) is 9.59 Å². The molecule has 8 heteroatoms. The van der Waals surface area contributed by atoms with Crippen LogP contribution in [0.1, 0.15) is 26.7 Å². The molecular weight excluding hydrogens is 350 g/mol. The van der Waals surface area contributed by atoms with E-state index in [4.69, 9.17) is 16.3 Å². The Labute approximate surface area is 150 Å². The molecule has 2 rings (SSSR count). The fourth-order valence-corrected chi connectivity index (χ4v) is 3.34. The zero-order valence-corrected chi connectivity index (χ0v) is 15.3. The Bertz CT molecular complexity index is 666. The molecule has 1 aromatic rings. The molecule has 2 N–H and O–H groups in total. The number of thioether (sulfide) groups is 1. The maximum absolute atomic E-state index is 12.1. The largest absolute Gasteiger partial charge is 0.495 e. The molecule has 130 valence electrons. The van der Waals surface area contributed by atoms with E-state index in [1.807, 2.05) is 13.8 Å². The third-order valence-corrected chi connectivity index (χ3v) is 4.90. The minimum absolute atomic E-state index is 0.0691. The number of ether oxygens (including phenoxy) is 1. The number of carbonyl (C=O) groups is 2. The molecular formula is C16H20ClN3O3S. The predicted molar refractivity (Wildman–Crippen MR) is 98.0 cm³/mol. The quantitative estimate of drug-likeness (QED) is 0.807. The molecule has 6 nitrogen and oxygen atoms in total. The summed E-state index contributed by atoms with van der Waals surface area (Å²) >= 11 is 7.32. The monoisotopic (exact) mass is 369 g/mol. The molecule has 1 heterocycles. The second-order valence-corrected chi connectivity index (χ2v) is 6.99. The summed E-state index contributed by atoms with van der Waals surface area (Å²) in [5.74, 6) is 0.0879. The van der Waals surface area contributed by atoms with Gasteiger partial charge >= 0.3 is 0 Å². The number of nitrogens with one attached hydrogen (secondary N) is 2. The smallest absolute Gasteiger partial charge is 0.240 e. The van der Waals surface area contributed by atoms with Crippen molar-refractivity contribution in [2.75, 3.05) is 12.4 Å². The average molecular weight is 370 g/mol. The van der Waals surface area contributed by atoms with Crippen LogP contribution < -0.4 is 15.4 Å². The van der Waals surface area contributed by atoms with Crippen LogP contribution in [0.15, 0.2) is 23.2 Å². The first-order chi connectivity index (χ1) is 11.4. The maximum Gasteiger partial charge on any atom is 0.240 e. The normalized spacial score (nSPS) is 19.9. The van der Waals surface area contributed by atoms with Gasteiger partial charge < -0.3 is 15.4 Å². The lowest BCUT2D eigenvalue weighted by atomic mass is 10.2. The van der Waals surface area contributed by atoms with Crippen LogP contribution >= 0.6 is 23.4 Å². The molecule has 1 aromatic carbocycles. The lowest BCUT2D eigenvalue weighted by Crippen LogP contribution is -2.28. The van der Waals surface area contributed by atoms with Crippen molar-refractivity contribution in [2.45, 2.75) is 38.0 Å². The van der Waals surface area contributed by atoms with E-state index in [0.717, 1.165) is 6.42 Å². The Morgan fingerprint density at radius 3 is 2.92 bits per heavy atom. The summed E-state index contributed by atoms with van der Waals surface area (Å²) in [7, 11) is 1.52. The molecule has 0 aliphatic carbocycles. The minimum Gasteiger partial charge on any atom is -0.495 e. The summed E-state index contributed by atoms with van der Waals surface area (Å²) in [6, 6.07) is 5.11. The minimum atomic E-state index is -0.471. The van der Waals surface area contributed by atoms with Crippen molar-refractivity contribution in [3.8, 4) is 5.75 Å². The number of hydrogen-bond acceptors (Lipinski definition) is 5. The average Bonchev–Trinajstić information content (AvgIpc) is 2.86. The molecule has 0 saturated carbocycles. The van der Waals surface area contributed by atoms with Crippen LogP contribution in [0.4, 0.5) is 5.69 Å². The highest BCUT2D eigenvalue weighted by Gasteiger charge is 2.32. The van der Waals surface area contributed by atoms with Gasteiger partial charge in [0, 0.05) is 18.2 Å². The first-order valence-electron chi connectivity index (χ1n) is 7.61. The van der Waals surface area contributed by atoms with Crippen LogP contribution in [0, 0.1) is 0 Å². The van der Waals surface area contributed by atoms with E-state index in [0.29, 0.717) is 21.6 Å². The van der Waals surface area contributed by atoms with E-state index in [1.54, 1.807) is 18.2 Å². The van der Waals surface area contributed by atoms with E-state index in [-0.39, 0.29) is 24.3 Å². The van der Waals surface area contributed by atoms with E-state index < -0.39 is 5.25 Å². The fourth-order valence-electron chi connectivity index (χ4n) is 2.02. The first kappa shape index (κ1) is 18.6. The Balaban J connectivity index is 1.94. The van der Waals surface area contributed by atoms with Crippen molar-refractivity contribution in [1.82, 2.24) is 5.32 Å². The molecule has 2 amide bonds. The van der Waals surface area contributed by atoms with E-state index in [1.165, 1.54) is 18.9 Å². The third-order valence-electron chi connectivity index (χ3n) is 3.51. The first-order valence-corrected chi connectivity index (χ1v) is 8.87. The van der Waals surface area contributed by atoms with Crippen molar-refractivity contribution >= 4 is 46.0 Å². The molecule has 1 aliphatic heterocycles. The molecule has 1 fully saturated rings. The Hall–Kier alpha value is -1.73. The maximum atomic E-state index is 12.1. The Morgan fingerprint density at radius 2 is 2.29 bits per heavy atom. The van der Waals surface area contributed by atoms with E-state index >= 15 is 0 Å². The van der Waals surface area contributed by atoms with Gasteiger partial charge in [0.25, 0.3) is 0 Å². The number of nitrogens with zero attached hydrogens (tertiary/aromatic N) is 1. The van der Waals surface area contributed by atoms with Gasteiger partial charge in [-0.1, -0.05) is 30.3 Å². The lowest BCUT2D eigenvalue weighted by molar-refractivity contribution is -0.122. The number of hydrogen-bond donors (Lipinski definition) is 2. The summed E-state index contributed by atoms with van der Waals surface area (Å²) in [6.45, 7) is 4.01. The molecule has 1 aliphatic rings. The molecule has 0 bridgehead atoms. The van der Waals surface area contributed by atoms with Gasteiger partial charge in [-0.15, -0.1) is 0 Å². The second-order valence-electron chi connectivity index (χ2n) is 5.39. The van der Waals surface area contributed by atoms with Gasteiger partial charge in [0.15, 0.2) is 5.17 Å². The topological polar surface area (TPSA) is 79.8 Å². The lowest BCUT2D eigenvalue weighted by Gasteiger charge is -2.09. The summed E-state index contributed by atoms with van der Waals surface area (Å²) in [4.78, 5) is 28.5.